The van der Waals surface area contributed by atoms with E-state index in [2.05, 4.69) is 10.3 Å². The third kappa shape index (κ3) is 1.92. The minimum atomic E-state index is -2.67. The molecule has 0 saturated heterocycles. The molecule has 1 aromatic carbocycles. The van der Waals surface area contributed by atoms with Gasteiger partial charge in [-0.15, -0.1) is 0 Å². The summed E-state index contributed by atoms with van der Waals surface area (Å²) in [5.74, 6) is -0.446. The van der Waals surface area contributed by atoms with E-state index in [1.54, 1.807) is 7.05 Å². The maximum absolute atomic E-state index is 13.4. The number of aryl methyl sites for hydroxylation is 1. The molecular formula is C12H11F3N2. The van der Waals surface area contributed by atoms with Crippen LogP contribution in [0.5, 0.6) is 0 Å². The standard InChI is InChI=1S/C12H11F3N2/c1-6-8(13)4-3-7-9(16-2)5-10(12(14)15)17-11(6)7/h3-5,12H,1-2H3,(H,16,17). The van der Waals surface area contributed by atoms with E-state index in [0.29, 0.717) is 11.1 Å². The Morgan fingerprint density at radius 1 is 1.29 bits per heavy atom. The molecule has 2 rings (SSSR count). The van der Waals surface area contributed by atoms with E-state index >= 15 is 0 Å². The highest BCUT2D eigenvalue weighted by atomic mass is 19.3. The van der Waals surface area contributed by atoms with Crippen molar-refractivity contribution in [2.24, 2.45) is 0 Å². The SMILES string of the molecule is CNc1cc(C(F)F)nc2c(C)c(F)ccc12. The Kier molecular flexibility index (Phi) is 2.92. The van der Waals surface area contributed by atoms with E-state index in [4.69, 9.17) is 0 Å². The van der Waals surface area contributed by atoms with Gasteiger partial charge in [-0.2, -0.15) is 0 Å². The summed E-state index contributed by atoms with van der Waals surface area (Å²) in [6.07, 6.45) is -2.67. The van der Waals surface area contributed by atoms with Crippen LogP contribution in [0.4, 0.5) is 18.9 Å². The van der Waals surface area contributed by atoms with Crippen molar-refractivity contribution in [3.63, 3.8) is 0 Å². The van der Waals surface area contributed by atoms with Crippen molar-refractivity contribution in [3.8, 4) is 0 Å². The van der Waals surface area contributed by atoms with Crippen molar-refractivity contribution in [1.82, 2.24) is 4.98 Å². The van der Waals surface area contributed by atoms with Crippen molar-refractivity contribution in [2.45, 2.75) is 13.3 Å². The third-order valence-electron chi connectivity index (χ3n) is 2.68. The predicted molar refractivity (Wildman–Crippen MR) is 60.9 cm³/mol. The fraction of sp³-hybridized carbons (Fsp3) is 0.250. The summed E-state index contributed by atoms with van der Waals surface area (Å²) in [6, 6.07) is 4.12. The minimum Gasteiger partial charge on any atom is -0.388 e. The summed E-state index contributed by atoms with van der Waals surface area (Å²) in [5.41, 5.74) is 0.720. The highest BCUT2D eigenvalue weighted by molar-refractivity contribution is 5.93. The quantitative estimate of drug-likeness (QED) is 0.866. The average molecular weight is 240 g/mol. The fourth-order valence-corrected chi connectivity index (χ4v) is 1.74. The summed E-state index contributed by atoms with van der Waals surface area (Å²) >= 11 is 0. The van der Waals surface area contributed by atoms with Crippen LogP contribution in [-0.4, -0.2) is 12.0 Å². The molecule has 1 heterocycles. The van der Waals surface area contributed by atoms with Gasteiger partial charge in [-0.1, -0.05) is 0 Å². The van der Waals surface area contributed by atoms with Gasteiger partial charge < -0.3 is 5.32 Å². The maximum atomic E-state index is 13.4. The van der Waals surface area contributed by atoms with Crippen LogP contribution < -0.4 is 5.32 Å². The predicted octanol–water partition coefficient (Wildman–Crippen LogP) is 3.66. The first-order valence-corrected chi connectivity index (χ1v) is 5.10. The topological polar surface area (TPSA) is 24.9 Å². The number of halogens is 3. The van der Waals surface area contributed by atoms with Gasteiger partial charge in [-0.25, -0.2) is 18.2 Å². The van der Waals surface area contributed by atoms with E-state index in [1.807, 2.05) is 0 Å². The third-order valence-corrected chi connectivity index (χ3v) is 2.68. The zero-order chi connectivity index (χ0) is 12.6. The summed E-state index contributed by atoms with van der Waals surface area (Å²) in [5, 5.41) is 3.45. The monoisotopic (exact) mass is 240 g/mol. The van der Waals surface area contributed by atoms with Gasteiger partial charge in [0.1, 0.15) is 11.5 Å². The Hall–Kier alpha value is -1.78. The molecular weight excluding hydrogens is 229 g/mol. The molecule has 0 fully saturated rings. The van der Waals surface area contributed by atoms with E-state index in [0.717, 1.165) is 0 Å². The lowest BCUT2D eigenvalue weighted by Crippen LogP contribution is -1.99. The van der Waals surface area contributed by atoms with Crippen LogP contribution in [-0.2, 0) is 0 Å². The average Bonchev–Trinajstić information content (AvgIpc) is 2.32. The Balaban J connectivity index is 2.83. The van der Waals surface area contributed by atoms with Crippen LogP contribution in [0, 0.1) is 12.7 Å². The second kappa shape index (κ2) is 4.24. The number of pyridine rings is 1. The second-order valence-corrected chi connectivity index (χ2v) is 3.71. The molecule has 0 aliphatic heterocycles. The Morgan fingerprint density at radius 3 is 2.59 bits per heavy atom. The molecule has 0 unspecified atom stereocenters. The fourth-order valence-electron chi connectivity index (χ4n) is 1.74. The number of alkyl halides is 2. The first-order valence-electron chi connectivity index (χ1n) is 5.10. The van der Waals surface area contributed by atoms with Crippen LogP contribution in [0.2, 0.25) is 0 Å². The van der Waals surface area contributed by atoms with Gasteiger partial charge in [0.05, 0.1) is 5.52 Å². The van der Waals surface area contributed by atoms with Gasteiger partial charge in [0.15, 0.2) is 0 Å². The molecule has 90 valence electrons. The number of hydrogen-bond acceptors (Lipinski definition) is 2. The molecule has 1 N–H and O–H groups in total. The van der Waals surface area contributed by atoms with Crippen LogP contribution in [0.3, 0.4) is 0 Å². The van der Waals surface area contributed by atoms with E-state index in [-0.39, 0.29) is 16.8 Å². The number of hydrogen-bond donors (Lipinski definition) is 1. The number of aromatic nitrogens is 1. The summed E-state index contributed by atoms with van der Waals surface area (Å²) < 4.78 is 38.7. The molecule has 0 bridgehead atoms. The first kappa shape index (κ1) is 11.7. The lowest BCUT2D eigenvalue weighted by Gasteiger charge is -2.10. The first-order chi connectivity index (χ1) is 8.04. The van der Waals surface area contributed by atoms with Crippen LogP contribution in [0.25, 0.3) is 10.9 Å². The van der Waals surface area contributed by atoms with Gasteiger partial charge in [0.2, 0.25) is 0 Å². The molecule has 2 nitrogen and oxygen atoms in total. The van der Waals surface area contributed by atoms with E-state index < -0.39 is 12.2 Å². The zero-order valence-corrected chi connectivity index (χ0v) is 9.39. The molecule has 0 spiro atoms. The largest absolute Gasteiger partial charge is 0.388 e. The molecule has 0 aliphatic rings. The Morgan fingerprint density at radius 2 is 2.00 bits per heavy atom. The lowest BCUT2D eigenvalue weighted by molar-refractivity contribution is 0.146. The molecule has 1 aromatic heterocycles. The second-order valence-electron chi connectivity index (χ2n) is 3.71. The van der Waals surface area contributed by atoms with Crippen molar-refractivity contribution in [3.05, 3.63) is 35.3 Å². The van der Waals surface area contributed by atoms with Gasteiger partial charge in [-0.05, 0) is 25.1 Å². The summed E-state index contributed by atoms with van der Waals surface area (Å²) in [6.45, 7) is 1.53. The number of nitrogens with zero attached hydrogens (tertiary/aromatic N) is 1. The molecule has 17 heavy (non-hydrogen) atoms. The molecule has 0 atom stereocenters. The molecule has 0 aliphatic carbocycles. The normalized spacial score (nSPS) is 11.2. The van der Waals surface area contributed by atoms with Gasteiger partial charge in [0, 0.05) is 23.7 Å². The van der Waals surface area contributed by atoms with E-state index in [9.17, 15) is 13.2 Å². The molecule has 0 amide bonds. The summed E-state index contributed by atoms with van der Waals surface area (Å²) in [7, 11) is 1.63. The smallest absolute Gasteiger partial charge is 0.280 e. The van der Waals surface area contributed by atoms with Gasteiger partial charge in [-0.3, -0.25) is 0 Å². The van der Waals surface area contributed by atoms with Gasteiger partial charge in [0.25, 0.3) is 6.43 Å². The Bertz CT molecular complexity index is 567. The van der Waals surface area contributed by atoms with Crippen LogP contribution in [0.15, 0.2) is 18.2 Å². The molecule has 2 aromatic rings. The number of nitrogens with one attached hydrogen (secondary N) is 1. The Labute approximate surface area is 96.5 Å². The highest BCUT2D eigenvalue weighted by Gasteiger charge is 2.15. The number of rotatable bonds is 2. The zero-order valence-electron chi connectivity index (χ0n) is 9.39. The van der Waals surface area contributed by atoms with Crippen molar-refractivity contribution >= 4 is 16.6 Å². The molecule has 5 heteroatoms. The summed E-state index contributed by atoms with van der Waals surface area (Å²) in [4.78, 5) is 3.81. The lowest BCUT2D eigenvalue weighted by atomic mass is 10.1. The number of benzene rings is 1. The maximum Gasteiger partial charge on any atom is 0.280 e. The number of anilines is 1. The number of fused-ring (bicyclic) bond motifs is 1. The highest BCUT2D eigenvalue weighted by Crippen LogP contribution is 2.30. The molecule has 0 saturated carbocycles. The van der Waals surface area contributed by atoms with Crippen molar-refractivity contribution < 1.29 is 13.2 Å². The van der Waals surface area contributed by atoms with Crippen LogP contribution >= 0.6 is 0 Å². The van der Waals surface area contributed by atoms with Crippen molar-refractivity contribution in [2.75, 3.05) is 12.4 Å². The van der Waals surface area contributed by atoms with Crippen LogP contribution in [0.1, 0.15) is 17.7 Å². The minimum absolute atomic E-state index is 0.271. The molecule has 0 radical (unpaired) electrons. The van der Waals surface area contributed by atoms with Gasteiger partial charge >= 0.3 is 0 Å². The van der Waals surface area contributed by atoms with Crippen molar-refractivity contribution in [1.29, 1.82) is 0 Å². The van der Waals surface area contributed by atoms with E-state index in [1.165, 1.54) is 25.1 Å².